The average molecular weight is 186 g/mol. The molecular formula is C9H14O4. The molecule has 0 aliphatic heterocycles. The molecule has 0 aromatic heterocycles. The first-order valence-electron chi connectivity index (χ1n) is 4.03. The third-order valence-electron chi connectivity index (χ3n) is 1.45. The van der Waals surface area contributed by atoms with Gasteiger partial charge in [0.1, 0.15) is 6.61 Å². The number of hydrogen-bond acceptors (Lipinski definition) is 3. The summed E-state index contributed by atoms with van der Waals surface area (Å²) < 4.78 is 4.66. The van der Waals surface area contributed by atoms with E-state index in [9.17, 15) is 9.59 Å². The molecule has 0 rings (SSSR count). The number of rotatable bonds is 5. The third kappa shape index (κ3) is 8.59. The van der Waals surface area contributed by atoms with Crippen molar-refractivity contribution in [2.45, 2.75) is 26.7 Å². The molecule has 0 saturated heterocycles. The van der Waals surface area contributed by atoms with Gasteiger partial charge >= 0.3 is 11.9 Å². The Labute approximate surface area is 77.2 Å². The van der Waals surface area contributed by atoms with Crippen LogP contribution < -0.4 is 0 Å². The Morgan fingerprint density at radius 1 is 1.31 bits per heavy atom. The molecule has 0 unspecified atom stereocenters. The first-order chi connectivity index (χ1) is 6.02. The van der Waals surface area contributed by atoms with Crippen LogP contribution in [0, 0.1) is 0 Å². The number of carbonyl (C=O) groups excluding carboxylic acids is 1. The molecule has 0 fully saturated rings. The fraction of sp³-hybridized carbons (Fsp3) is 0.556. The van der Waals surface area contributed by atoms with Crippen LogP contribution in [0.5, 0.6) is 0 Å². The van der Waals surface area contributed by atoms with Gasteiger partial charge in [-0.05, 0) is 19.4 Å². The lowest BCUT2D eigenvalue weighted by Gasteiger charge is -1.99. The number of carboxylic acid groups (broad SMARTS) is 1. The summed E-state index contributed by atoms with van der Waals surface area (Å²) in [6.45, 7) is 3.37. The summed E-state index contributed by atoms with van der Waals surface area (Å²) in [7, 11) is 0. The molecule has 0 aromatic carbocycles. The van der Waals surface area contributed by atoms with Crippen LogP contribution in [-0.4, -0.2) is 23.7 Å². The molecule has 0 aliphatic rings. The van der Waals surface area contributed by atoms with E-state index in [0.717, 1.165) is 5.57 Å². The summed E-state index contributed by atoms with van der Waals surface area (Å²) in [6, 6.07) is 0. The van der Waals surface area contributed by atoms with Gasteiger partial charge in [0.2, 0.25) is 0 Å². The van der Waals surface area contributed by atoms with Gasteiger partial charge in [-0.3, -0.25) is 9.59 Å². The summed E-state index contributed by atoms with van der Waals surface area (Å²) >= 11 is 0. The van der Waals surface area contributed by atoms with Crippen LogP contribution in [0.15, 0.2) is 11.6 Å². The zero-order valence-corrected chi connectivity index (χ0v) is 7.87. The number of carboxylic acids is 1. The predicted octanol–water partition coefficient (Wildman–Crippen LogP) is 1.36. The van der Waals surface area contributed by atoms with Crippen molar-refractivity contribution >= 4 is 11.9 Å². The lowest BCUT2D eigenvalue weighted by molar-refractivity contribution is -0.140. The fourth-order valence-corrected chi connectivity index (χ4v) is 0.707. The van der Waals surface area contributed by atoms with Crippen molar-refractivity contribution in [1.29, 1.82) is 0 Å². The van der Waals surface area contributed by atoms with Crippen LogP contribution in [0.3, 0.4) is 0 Å². The van der Waals surface area contributed by atoms with Gasteiger partial charge in [-0.15, -0.1) is 0 Å². The Hall–Kier alpha value is -1.32. The van der Waals surface area contributed by atoms with Crippen molar-refractivity contribution in [3.05, 3.63) is 11.6 Å². The van der Waals surface area contributed by atoms with Crippen LogP contribution >= 0.6 is 0 Å². The second kappa shape index (κ2) is 6.22. The maximum Gasteiger partial charge on any atom is 0.303 e. The Kier molecular flexibility index (Phi) is 5.59. The lowest BCUT2D eigenvalue weighted by atomic mass is 10.1. The zero-order valence-electron chi connectivity index (χ0n) is 7.87. The van der Waals surface area contributed by atoms with Crippen LogP contribution in [0.4, 0.5) is 0 Å². The number of esters is 1. The van der Waals surface area contributed by atoms with Crippen molar-refractivity contribution in [1.82, 2.24) is 0 Å². The molecule has 0 amide bonds. The van der Waals surface area contributed by atoms with Gasteiger partial charge in [-0.25, -0.2) is 0 Å². The average Bonchev–Trinajstić information content (AvgIpc) is 2.00. The standard InChI is InChI=1S/C9H14O4/c1-7(3-4-9(11)12)5-6-13-8(2)10/h5H,3-4,6H2,1-2H3,(H,11,12)/b7-5+. The molecule has 0 radical (unpaired) electrons. The highest BCUT2D eigenvalue weighted by molar-refractivity contribution is 5.67. The normalized spacial score (nSPS) is 11.1. The Morgan fingerprint density at radius 3 is 2.38 bits per heavy atom. The molecule has 0 aromatic rings. The lowest BCUT2D eigenvalue weighted by Crippen LogP contribution is -1.99. The SMILES string of the molecule is CC(=O)OC/C=C(\C)CCC(=O)O. The maximum absolute atomic E-state index is 10.3. The quantitative estimate of drug-likeness (QED) is 0.520. The number of carbonyl (C=O) groups is 2. The molecule has 13 heavy (non-hydrogen) atoms. The van der Waals surface area contributed by atoms with E-state index in [4.69, 9.17) is 5.11 Å². The minimum absolute atomic E-state index is 0.113. The molecule has 4 heteroatoms. The van der Waals surface area contributed by atoms with Gasteiger partial charge in [-0.1, -0.05) is 5.57 Å². The smallest absolute Gasteiger partial charge is 0.303 e. The van der Waals surface area contributed by atoms with Crippen LogP contribution in [-0.2, 0) is 14.3 Å². The summed E-state index contributed by atoms with van der Waals surface area (Å²) in [5.41, 5.74) is 0.920. The molecule has 0 saturated carbocycles. The number of allylic oxidation sites excluding steroid dienone is 1. The highest BCUT2D eigenvalue weighted by atomic mass is 16.5. The van der Waals surface area contributed by atoms with E-state index in [-0.39, 0.29) is 19.0 Å². The van der Waals surface area contributed by atoms with E-state index >= 15 is 0 Å². The minimum Gasteiger partial charge on any atom is -0.481 e. The molecule has 0 spiro atoms. The highest BCUT2D eigenvalue weighted by Crippen LogP contribution is 2.03. The molecule has 0 bridgehead atoms. The molecule has 0 atom stereocenters. The van der Waals surface area contributed by atoms with Crippen LogP contribution in [0.25, 0.3) is 0 Å². The van der Waals surface area contributed by atoms with E-state index in [2.05, 4.69) is 4.74 Å². The Morgan fingerprint density at radius 2 is 1.92 bits per heavy atom. The highest BCUT2D eigenvalue weighted by Gasteiger charge is 1.97. The summed E-state index contributed by atoms with van der Waals surface area (Å²) in [5, 5.41) is 8.36. The molecule has 4 nitrogen and oxygen atoms in total. The Bertz CT molecular complexity index is 218. The van der Waals surface area contributed by atoms with Crippen molar-refractivity contribution in [3.63, 3.8) is 0 Å². The van der Waals surface area contributed by atoms with Crippen molar-refractivity contribution in [2.75, 3.05) is 6.61 Å². The van der Waals surface area contributed by atoms with Crippen LogP contribution in [0.2, 0.25) is 0 Å². The number of ether oxygens (including phenoxy) is 1. The molecule has 1 N–H and O–H groups in total. The first kappa shape index (κ1) is 11.7. The van der Waals surface area contributed by atoms with E-state index in [1.165, 1.54) is 6.92 Å². The molecule has 0 heterocycles. The van der Waals surface area contributed by atoms with Gasteiger partial charge < -0.3 is 9.84 Å². The monoisotopic (exact) mass is 186 g/mol. The second-order valence-electron chi connectivity index (χ2n) is 2.75. The topological polar surface area (TPSA) is 63.6 Å². The van der Waals surface area contributed by atoms with E-state index < -0.39 is 5.97 Å². The van der Waals surface area contributed by atoms with Gasteiger partial charge in [0.05, 0.1) is 0 Å². The predicted molar refractivity (Wildman–Crippen MR) is 47.3 cm³/mol. The fourth-order valence-electron chi connectivity index (χ4n) is 0.707. The zero-order chi connectivity index (χ0) is 10.3. The summed E-state index contributed by atoms with van der Waals surface area (Å²) in [5.74, 6) is -1.15. The van der Waals surface area contributed by atoms with Crippen molar-refractivity contribution in [3.8, 4) is 0 Å². The van der Waals surface area contributed by atoms with Gasteiger partial charge in [0.15, 0.2) is 0 Å². The first-order valence-corrected chi connectivity index (χ1v) is 4.03. The molecular weight excluding hydrogens is 172 g/mol. The summed E-state index contributed by atoms with van der Waals surface area (Å²) in [6.07, 6.45) is 2.32. The van der Waals surface area contributed by atoms with Gasteiger partial charge in [0, 0.05) is 13.3 Å². The maximum atomic E-state index is 10.3. The van der Waals surface area contributed by atoms with Crippen molar-refractivity contribution < 1.29 is 19.4 Å². The molecule has 74 valence electrons. The van der Waals surface area contributed by atoms with Gasteiger partial charge in [0.25, 0.3) is 0 Å². The molecule has 0 aliphatic carbocycles. The van der Waals surface area contributed by atoms with Crippen molar-refractivity contribution in [2.24, 2.45) is 0 Å². The summed E-state index contributed by atoms with van der Waals surface area (Å²) in [4.78, 5) is 20.5. The number of hydrogen-bond donors (Lipinski definition) is 1. The van der Waals surface area contributed by atoms with E-state index in [1.807, 2.05) is 6.92 Å². The Balaban J connectivity index is 3.63. The van der Waals surface area contributed by atoms with E-state index in [1.54, 1.807) is 6.08 Å². The minimum atomic E-state index is -0.819. The van der Waals surface area contributed by atoms with E-state index in [0.29, 0.717) is 6.42 Å². The number of aliphatic carboxylic acids is 1. The third-order valence-corrected chi connectivity index (χ3v) is 1.45. The largest absolute Gasteiger partial charge is 0.481 e. The van der Waals surface area contributed by atoms with Gasteiger partial charge in [-0.2, -0.15) is 0 Å². The second-order valence-corrected chi connectivity index (χ2v) is 2.75. The van der Waals surface area contributed by atoms with Crippen LogP contribution in [0.1, 0.15) is 26.7 Å².